The number of esters is 6. The van der Waals surface area contributed by atoms with Gasteiger partial charge >= 0.3 is 35.8 Å². The molecule has 68 heavy (non-hydrogen) atoms. The average Bonchev–Trinajstić information content (AvgIpc) is 3.25. The van der Waals surface area contributed by atoms with Gasteiger partial charge in [-0.25, -0.2) is 9.59 Å². The first-order valence-electron chi connectivity index (χ1n) is 26.4. The van der Waals surface area contributed by atoms with Crippen molar-refractivity contribution in [3.05, 3.63) is 24.3 Å². The van der Waals surface area contributed by atoms with Crippen molar-refractivity contribution in [2.24, 2.45) is 0 Å². The molecule has 0 unspecified atom stereocenters. The van der Waals surface area contributed by atoms with Gasteiger partial charge in [-0.1, -0.05) is 115 Å². The van der Waals surface area contributed by atoms with Crippen LogP contribution in [0.5, 0.6) is 0 Å². The first-order valence-corrected chi connectivity index (χ1v) is 26.4. The van der Waals surface area contributed by atoms with E-state index in [0.717, 1.165) is 128 Å². The van der Waals surface area contributed by atoms with Gasteiger partial charge in [0.25, 0.3) is 0 Å². The van der Waals surface area contributed by atoms with Crippen molar-refractivity contribution < 1.29 is 66.2 Å². The molecule has 0 bridgehead atoms. The molecule has 14 heteroatoms. The summed E-state index contributed by atoms with van der Waals surface area (Å²) in [6.07, 6.45) is 32.9. The molecule has 0 saturated carbocycles. The summed E-state index contributed by atoms with van der Waals surface area (Å²) < 4.78 is 33.2. The molecule has 0 aromatic rings. The number of carbonyl (C=O) groups is 6. The molecular formula is C54H98N2O12+2. The molecule has 0 amide bonds. The zero-order valence-corrected chi connectivity index (χ0v) is 44.3. The summed E-state index contributed by atoms with van der Waals surface area (Å²) in [5, 5.41) is 0. The summed E-state index contributed by atoms with van der Waals surface area (Å²) in [6, 6.07) is 0. The largest absolute Gasteiger partial charge is 0.462 e. The van der Waals surface area contributed by atoms with E-state index in [1.54, 1.807) is 0 Å². The van der Waals surface area contributed by atoms with Gasteiger partial charge in [0, 0.05) is 39.5 Å². The second-order valence-electron chi connectivity index (χ2n) is 19.7. The van der Waals surface area contributed by atoms with Crippen molar-refractivity contribution in [1.29, 1.82) is 0 Å². The number of quaternary nitrogens is 2. The Bertz CT molecular complexity index is 1310. The highest BCUT2D eigenvalue weighted by molar-refractivity contribution is 5.71. The number of hydrogen-bond donors (Lipinski definition) is 0. The fraction of sp³-hybridized carbons (Fsp3) is 0.815. The van der Waals surface area contributed by atoms with Crippen LogP contribution < -0.4 is 0 Å². The number of likely N-dealkylation sites (N-methyl/N-ethyl adjacent to an activating group) is 2. The first kappa shape index (κ1) is 64.2. The van der Waals surface area contributed by atoms with Crippen molar-refractivity contribution in [3.8, 4) is 0 Å². The number of ether oxygens (including phenoxy) is 6. The van der Waals surface area contributed by atoms with E-state index in [0.29, 0.717) is 47.7 Å². The molecule has 0 N–H and O–H groups in total. The average molecular weight is 967 g/mol. The summed E-state index contributed by atoms with van der Waals surface area (Å²) >= 11 is 0. The van der Waals surface area contributed by atoms with E-state index in [1.807, 2.05) is 28.2 Å². The van der Waals surface area contributed by atoms with Crippen LogP contribution in [-0.2, 0) is 57.2 Å². The van der Waals surface area contributed by atoms with Crippen molar-refractivity contribution in [1.82, 2.24) is 0 Å². The molecular weight excluding hydrogens is 869 g/mol. The van der Waals surface area contributed by atoms with Crippen LogP contribution in [-0.4, -0.2) is 138 Å². The molecule has 0 fully saturated rings. The minimum atomic E-state index is -0.322. The molecule has 0 aliphatic heterocycles. The Morgan fingerprint density at radius 1 is 0.412 bits per heavy atom. The van der Waals surface area contributed by atoms with E-state index in [1.165, 1.54) is 26.7 Å². The normalized spacial score (nSPS) is 12.8. The zero-order chi connectivity index (χ0) is 50.7. The lowest BCUT2D eigenvalue weighted by molar-refractivity contribution is -0.883. The van der Waals surface area contributed by atoms with E-state index < -0.39 is 0 Å². The Kier molecular flexibility index (Phi) is 39.8. The maximum Gasteiger partial charge on any atom is 0.362 e. The molecule has 0 aromatic carbocycles. The fourth-order valence-electron chi connectivity index (χ4n) is 7.53. The Balaban J connectivity index is 4.12. The van der Waals surface area contributed by atoms with Gasteiger partial charge in [-0.15, -0.1) is 0 Å². The number of hydrogen-bond acceptors (Lipinski definition) is 12. The van der Waals surface area contributed by atoms with Crippen LogP contribution in [0, 0.1) is 0 Å². The summed E-state index contributed by atoms with van der Waals surface area (Å²) in [4.78, 5) is 72.1. The number of carbonyl (C=O) groups excluding carboxylic acids is 6. The van der Waals surface area contributed by atoms with Gasteiger partial charge in [0.2, 0.25) is 0 Å². The molecule has 0 aliphatic carbocycles. The predicted octanol–water partition coefficient (Wildman–Crippen LogP) is 10.5. The van der Waals surface area contributed by atoms with Crippen LogP contribution in [0.2, 0.25) is 0 Å². The van der Waals surface area contributed by atoms with Crippen LogP contribution in [0.1, 0.15) is 195 Å². The van der Waals surface area contributed by atoms with Crippen LogP contribution >= 0.6 is 0 Å². The number of nitrogens with zero attached hydrogens (tertiary/aromatic N) is 2. The van der Waals surface area contributed by atoms with Gasteiger partial charge in [-0.3, -0.25) is 19.2 Å². The Morgan fingerprint density at radius 3 is 1.13 bits per heavy atom. The van der Waals surface area contributed by atoms with Gasteiger partial charge in [-0.2, -0.15) is 0 Å². The third kappa shape index (κ3) is 43.5. The maximum absolute atomic E-state index is 12.8. The van der Waals surface area contributed by atoms with Crippen LogP contribution in [0.4, 0.5) is 0 Å². The van der Waals surface area contributed by atoms with Crippen molar-refractivity contribution in [2.45, 2.75) is 207 Å². The lowest BCUT2D eigenvalue weighted by Gasteiger charge is -2.29. The molecule has 0 saturated heterocycles. The summed E-state index contributed by atoms with van der Waals surface area (Å²) in [6.45, 7) is 9.36. The fourth-order valence-corrected chi connectivity index (χ4v) is 7.53. The highest BCUT2D eigenvalue weighted by atomic mass is 16.6. The Labute approximate surface area is 412 Å². The minimum Gasteiger partial charge on any atom is -0.462 e. The number of allylic oxidation sites excluding steroid dienone is 2. The van der Waals surface area contributed by atoms with Gasteiger partial charge < -0.3 is 37.4 Å². The second-order valence-corrected chi connectivity index (χ2v) is 19.7. The van der Waals surface area contributed by atoms with Gasteiger partial charge in [0.1, 0.15) is 51.7 Å². The van der Waals surface area contributed by atoms with Gasteiger partial charge in [0.05, 0.1) is 28.2 Å². The highest BCUT2D eigenvalue weighted by Gasteiger charge is 2.25. The third-order valence-electron chi connectivity index (χ3n) is 11.7. The molecule has 0 rings (SSSR count). The number of rotatable bonds is 45. The molecule has 14 nitrogen and oxygen atoms in total. The molecule has 0 aliphatic rings. The van der Waals surface area contributed by atoms with Crippen LogP contribution in [0.25, 0.3) is 0 Å². The zero-order valence-electron chi connectivity index (χ0n) is 44.3. The van der Waals surface area contributed by atoms with E-state index in [2.05, 4.69) is 38.2 Å². The molecule has 0 aromatic heterocycles. The smallest absolute Gasteiger partial charge is 0.362 e. The SMILES string of the molecule is CCCCCC[C@H](C/C=C\CCCCCCCC(=O)OCCOC(=O)CCCCCCC/C=C\C[C@@H](CCCCCC)OC(=O)C[N+](C)(C)CCOC(C)=O)OC(=O)C[N+](C)(C)CCOC(C)=O. The molecule has 0 radical (unpaired) electrons. The van der Waals surface area contributed by atoms with Crippen molar-refractivity contribution in [3.63, 3.8) is 0 Å². The van der Waals surface area contributed by atoms with E-state index in [4.69, 9.17) is 28.4 Å². The summed E-state index contributed by atoms with van der Waals surface area (Å²) in [5.41, 5.74) is 0. The Morgan fingerprint density at radius 2 is 0.765 bits per heavy atom. The molecule has 2 atom stereocenters. The van der Waals surface area contributed by atoms with Crippen molar-refractivity contribution >= 4 is 35.8 Å². The quantitative estimate of drug-likeness (QED) is 0.0187. The van der Waals surface area contributed by atoms with Crippen LogP contribution in [0.15, 0.2) is 24.3 Å². The lowest BCUT2D eigenvalue weighted by Crippen LogP contribution is -2.47. The maximum atomic E-state index is 12.8. The van der Waals surface area contributed by atoms with Crippen molar-refractivity contribution in [2.75, 3.05) is 80.8 Å². The van der Waals surface area contributed by atoms with Gasteiger partial charge in [-0.05, 0) is 64.2 Å². The predicted molar refractivity (Wildman–Crippen MR) is 268 cm³/mol. The highest BCUT2D eigenvalue weighted by Crippen LogP contribution is 2.17. The standard InChI is InChI=1S/C54H98N2O12/c1-9-11-13-27-33-49(67-53(61)45-55(5,6)39-41-63-47(3)57)35-29-23-19-15-17-21-25-31-37-51(59)65-43-44-66-52(60)38-32-26-22-18-16-20-24-30-36-50(34-28-14-12-10-2)68-54(62)46-56(7,8)40-42-64-48(4)58/h23-24,29-30,49-50H,9-22,25-28,31-46H2,1-8H3/q+2/b29-23-,30-24-/t49-,50-/m1/s1. The van der Waals surface area contributed by atoms with E-state index >= 15 is 0 Å². The number of unbranched alkanes of at least 4 members (excludes halogenated alkanes) is 16. The monoisotopic (exact) mass is 967 g/mol. The molecule has 0 heterocycles. The molecule has 0 spiro atoms. The van der Waals surface area contributed by atoms with Crippen LogP contribution in [0.3, 0.4) is 0 Å². The molecule has 394 valence electrons. The third-order valence-corrected chi connectivity index (χ3v) is 11.7. The summed E-state index contributed by atoms with van der Waals surface area (Å²) in [7, 11) is 7.73. The second kappa shape index (κ2) is 42.1. The summed E-state index contributed by atoms with van der Waals surface area (Å²) in [5.74, 6) is -1.62. The first-order chi connectivity index (χ1) is 32.5. The van der Waals surface area contributed by atoms with Gasteiger partial charge in [0.15, 0.2) is 13.1 Å². The minimum absolute atomic E-state index is 0.0800. The lowest BCUT2D eigenvalue weighted by atomic mass is 10.1. The van der Waals surface area contributed by atoms with E-state index in [9.17, 15) is 28.8 Å². The Hall–Kier alpha value is -3.78. The van der Waals surface area contributed by atoms with E-state index in [-0.39, 0.29) is 87.5 Å². The topological polar surface area (TPSA) is 158 Å².